The third-order valence-electron chi connectivity index (χ3n) is 4.12. The molecule has 0 atom stereocenters. The van der Waals surface area contributed by atoms with Crippen LogP contribution in [0.4, 0.5) is 5.82 Å². The standard InChI is InChI=1S/C19H19Cl2N5O2/c1-11-19(28)26(8-7-22-12(2)27)18-16(24-11)5-6-17(25-18)23-10-13-3-4-14(20)15(21)9-13/h3-6,9H,7-8,10H2,1-2H3,(H,22,27)(H,23,25). The zero-order valence-corrected chi connectivity index (χ0v) is 16.9. The first-order chi connectivity index (χ1) is 13.3. The summed E-state index contributed by atoms with van der Waals surface area (Å²) in [6.45, 7) is 4.22. The summed E-state index contributed by atoms with van der Waals surface area (Å²) in [6, 6.07) is 9.00. The molecule has 3 aromatic rings. The summed E-state index contributed by atoms with van der Waals surface area (Å²) in [6.07, 6.45) is 0. The van der Waals surface area contributed by atoms with Crippen molar-refractivity contribution >= 4 is 46.1 Å². The third-order valence-corrected chi connectivity index (χ3v) is 4.86. The van der Waals surface area contributed by atoms with Gasteiger partial charge in [0.1, 0.15) is 17.0 Å². The Bertz CT molecular complexity index is 1100. The number of fused-ring (bicyclic) bond motifs is 1. The molecule has 0 aliphatic heterocycles. The van der Waals surface area contributed by atoms with Crippen LogP contribution in [0.15, 0.2) is 35.1 Å². The van der Waals surface area contributed by atoms with Gasteiger partial charge < -0.3 is 10.6 Å². The summed E-state index contributed by atoms with van der Waals surface area (Å²) in [5, 5.41) is 6.88. The largest absolute Gasteiger partial charge is 0.366 e. The second kappa shape index (κ2) is 8.58. The van der Waals surface area contributed by atoms with E-state index in [4.69, 9.17) is 23.2 Å². The van der Waals surface area contributed by atoms with E-state index in [0.717, 1.165) is 5.56 Å². The fraction of sp³-hybridized carbons (Fsp3) is 0.263. The zero-order valence-electron chi connectivity index (χ0n) is 15.4. The average Bonchev–Trinajstić information content (AvgIpc) is 2.65. The highest BCUT2D eigenvalue weighted by Gasteiger charge is 2.11. The minimum Gasteiger partial charge on any atom is -0.366 e. The Morgan fingerprint density at radius 1 is 1.14 bits per heavy atom. The van der Waals surface area contributed by atoms with Crippen LogP contribution in [0.1, 0.15) is 18.2 Å². The number of rotatable bonds is 6. The Hall–Kier alpha value is -2.64. The lowest BCUT2D eigenvalue weighted by Crippen LogP contribution is -2.31. The lowest BCUT2D eigenvalue weighted by molar-refractivity contribution is -0.118. The van der Waals surface area contributed by atoms with Crippen molar-refractivity contribution in [1.82, 2.24) is 19.9 Å². The number of hydrogen-bond donors (Lipinski definition) is 2. The number of carbonyl (C=O) groups is 1. The summed E-state index contributed by atoms with van der Waals surface area (Å²) in [5.74, 6) is 0.442. The minimum absolute atomic E-state index is 0.153. The number of halogens is 2. The molecule has 28 heavy (non-hydrogen) atoms. The molecule has 0 bridgehead atoms. The van der Waals surface area contributed by atoms with Gasteiger partial charge in [-0.15, -0.1) is 0 Å². The van der Waals surface area contributed by atoms with Crippen molar-refractivity contribution in [2.24, 2.45) is 0 Å². The maximum Gasteiger partial charge on any atom is 0.273 e. The number of amides is 1. The average molecular weight is 420 g/mol. The van der Waals surface area contributed by atoms with Crippen molar-refractivity contribution in [3.63, 3.8) is 0 Å². The molecule has 1 aromatic carbocycles. The van der Waals surface area contributed by atoms with E-state index in [1.54, 1.807) is 31.2 Å². The molecule has 2 N–H and O–H groups in total. The highest BCUT2D eigenvalue weighted by molar-refractivity contribution is 6.42. The molecule has 0 fully saturated rings. The fourth-order valence-corrected chi connectivity index (χ4v) is 3.06. The van der Waals surface area contributed by atoms with Crippen molar-refractivity contribution < 1.29 is 4.79 Å². The van der Waals surface area contributed by atoms with E-state index >= 15 is 0 Å². The molecule has 0 spiro atoms. The molecule has 0 radical (unpaired) electrons. The molecular formula is C19H19Cl2N5O2. The van der Waals surface area contributed by atoms with Gasteiger partial charge in [-0.1, -0.05) is 29.3 Å². The highest BCUT2D eigenvalue weighted by atomic mass is 35.5. The van der Waals surface area contributed by atoms with Crippen molar-refractivity contribution in [2.45, 2.75) is 26.9 Å². The summed E-state index contributed by atoms with van der Waals surface area (Å²) in [7, 11) is 0. The Balaban J connectivity index is 1.88. The molecule has 146 valence electrons. The number of pyridine rings is 1. The van der Waals surface area contributed by atoms with Crippen molar-refractivity contribution in [3.05, 3.63) is 62.0 Å². The molecular weight excluding hydrogens is 401 g/mol. The van der Waals surface area contributed by atoms with Gasteiger partial charge >= 0.3 is 0 Å². The normalized spacial score (nSPS) is 10.9. The topological polar surface area (TPSA) is 88.9 Å². The maximum absolute atomic E-state index is 12.5. The first kappa shape index (κ1) is 20.1. The van der Waals surface area contributed by atoms with Gasteiger partial charge in [0.05, 0.1) is 10.0 Å². The van der Waals surface area contributed by atoms with E-state index in [9.17, 15) is 9.59 Å². The number of nitrogens with one attached hydrogen (secondary N) is 2. The number of hydrogen-bond acceptors (Lipinski definition) is 5. The van der Waals surface area contributed by atoms with Gasteiger partial charge in [-0.25, -0.2) is 9.97 Å². The predicted molar refractivity (Wildman–Crippen MR) is 111 cm³/mol. The van der Waals surface area contributed by atoms with Crippen LogP contribution in [0.2, 0.25) is 10.0 Å². The molecule has 0 saturated heterocycles. The lowest BCUT2D eigenvalue weighted by Gasteiger charge is -2.12. The summed E-state index contributed by atoms with van der Waals surface area (Å²) < 4.78 is 1.53. The molecule has 0 aliphatic carbocycles. The van der Waals surface area contributed by atoms with Gasteiger partial charge in [0.25, 0.3) is 5.56 Å². The zero-order chi connectivity index (χ0) is 20.3. The smallest absolute Gasteiger partial charge is 0.273 e. The van der Waals surface area contributed by atoms with Crippen LogP contribution in [0.25, 0.3) is 11.2 Å². The Labute approximate surface area is 171 Å². The third kappa shape index (κ3) is 4.61. The van der Waals surface area contributed by atoms with Crippen molar-refractivity contribution in [3.8, 4) is 0 Å². The number of nitrogens with zero attached hydrogens (tertiary/aromatic N) is 3. The van der Waals surface area contributed by atoms with E-state index in [-0.39, 0.29) is 11.5 Å². The first-order valence-corrected chi connectivity index (χ1v) is 9.41. The second-order valence-electron chi connectivity index (χ2n) is 6.28. The van der Waals surface area contributed by atoms with Gasteiger partial charge in [-0.2, -0.15) is 0 Å². The molecule has 2 aromatic heterocycles. The quantitative estimate of drug-likeness (QED) is 0.640. The van der Waals surface area contributed by atoms with Crippen LogP contribution in [0.5, 0.6) is 0 Å². The molecule has 3 rings (SSSR count). The molecule has 0 saturated carbocycles. The van der Waals surface area contributed by atoms with Gasteiger partial charge in [-0.05, 0) is 36.8 Å². The van der Waals surface area contributed by atoms with Crippen LogP contribution < -0.4 is 16.2 Å². The minimum atomic E-state index is -0.230. The van der Waals surface area contributed by atoms with Gasteiger partial charge in [0.15, 0.2) is 5.65 Å². The molecule has 1 amide bonds. The van der Waals surface area contributed by atoms with Gasteiger partial charge in [0.2, 0.25) is 5.91 Å². The number of aryl methyl sites for hydroxylation is 1. The molecule has 0 unspecified atom stereocenters. The lowest BCUT2D eigenvalue weighted by atomic mass is 10.2. The SMILES string of the molecule is CC(=O)NCCn1c(=O)c(C)nc2ccc(NCc3ccc(Cl)c(Cl)c3)nc21. The first-order valence-electron chi connectivity index (χ1n) is 8.65. The Kier molecular flexibility index (Phi) is 6.16. The van der Waals surface area contributed by atoms with Crippen LogP contribution in [-0.4, -0.2) is 27.0 Å². The number of aromatic nitrogens is 3. The van der Waals surface area contributed by atoms with E-state index in [1.165, 1.54) is 11.5 Å². The van der Waals surface area contributed by atoms with E-state index < -0.39 is 0 Å². The van der Waals surface area contributed by atoms with Gasteiger partial charge in [-0.3, -0.25) is 14.2 Å². The van der Waals surface area contributed by atoms with E-state index in [0.29, 0.717) is 52.4 Å². The summed E-state index contributed by atoms with van der Waals surface area (Å²) >= 11 is 12.0. The van der Waals surface area contributed by atoms with Crippen molar-refractivity contribution in [1.29, 1.82) is 0 Å². The number of carbonyl (C=O) groups excluding carboxylic acids is 1. The van der Waals surface area contributed by atoms with Crippen LogP contribution >= 0.6 is 23.2 Å². The van der Waals surface area contributed by atoms with E-state index in [2.05, 4.69) is 20.6 Å². The Morgan fingerprint density at radius 2 is 1.93 bits per heavy atom. The Morgan fingerprint density at radius 3 is 2.64 bits per heavy atom. The number of benzene rings is 1. The molecule has 9 heteroatoms. The second-order valence-corrected chi connectivity index (χ2v) is 7.09. The number of anilines is 1. The molecule has 0 aliphatic rings. The monoisotopic (exact) mass is 419 g/mol. The van der Waals surface area contributed by atoms with Crippen LogP contribution in [0.3, 0.4) is 0 Å². The maximum atomic E-state index is 12.5. The van der Waals surface area contributed by atoms with Crippen LogP contribution in [-0.2, 0) is 17.9 Å². The molecule has 7 nitrogen and oxygen atoms in total. The highest BCUT2D eigenvalue weighted by Crippen LogP contribution is 2.23. The van der Waals surface area contributed by atoms with E-state index in [1.807, 2.05) is 6.07 Å². The van der Waals surface area contributed by atoms with Crippen molar-refractivity contribution in [2.75, 3.05) is 11.9 Å². The summed E-state index contributed by atoms with van der Waals surface area (Å²) in [4.78, 5) is 32.5. The summed E-state index contributed by atoms with van der Waals surface area (Å²) in [5.41, 5.74) is 2.17. The molecule has 2 heterocycles. The fourth-order valence-electron chi connectivity index (χ4n) is 2.74. The predicted octanol–water partition coefficient (Wildman–Crippen LogP) is 3.15. The van der Waals surface area contributed by atoms with Crippen LogP contribution in [0, 0.1) is 6.92 Å². The van der Waals surface area contributed by atoms with Gasteiger partial charge in [0, 0.05) is 26.6 Å².